The summed E-state index contributed by atoms with van der Waals surface area (Å²) in [6, 6.07) is 6.80. The van der Waals surface area contributed by atoms with Gasteiger partial charge in [-0.1, -0.05) is 12.5 Å². The lowest BCUT2D eigenvalue weighted by Crippen LogP contribution is -2.44. The summed E-state index contributed by atoms with van der Waals surface area (Å²) >= 11 is 0. The highest BCUT2D eigenvalue weighted by Gasteiger charge is 2.33. The van der Waals surface area contributed by atoms with Crippen LogP contribution in [-0.2, 0) is 26.2 Å². The normalized spacial score (nSPS) is 18.3. The van der Waals surface area contributed by atoms with Crippen molar-refractivity contribution < 1.29 is 32.2 Å². The summed E-state index contributed by atoms with van der Waals surface area (Å²) < 4.78 is 46.2. The number of ether oxygens (including phenoxy) is 3. The molecular weight excluding hydrogens is 662 g/mol. The third-order valence-corrected chi connectivity index (χ3v) is 11.9. The van der Waals surface area contributed by atoms with Crippen molar-refractivity contribution in [3.63, 3.8) is 0 Å². The molecule has 0 bridgehead atoms. The zero-order valence-corrected chi connectivity index (χ0v) is 30.5. The number of rotatable bonds is 13. The first-order chi connectivity index (χ1) is 24.1. The summed E-state index contributed by atoms with van der Waals surface area (Å²) in [6.45, 7) is 4.91. The van der Waals surface area contributed by atoms with Crippen LogP contribution in [0.5, 0.6) is 17.2 Å². The summed E-state index contributed by atoms with van der Waals surface area (Å²) in [5.41, 5.74) is 3.47. The van der Waals surface area contributed by atoms with E-state index in [9.17, 15) is 22.8 Å². The van der Waals surface area contributed by atoms with Gasteiger partial charge in [0.2, 0.25) is 23.0 Å². The predicted molar refractivity (Wildman–Crippen MR) is 192 cm³/mol. The molecule has 2 saturated heterocycles. The Labute approximate surface area is 295 Å². The van der Waals surface area contributed by atoms with Crippen LogP contribution in [0.15, 0.2) is 29.1 Å². The Hall–Kier alpha value is -3.88. The number of anilines is 1. The number of nitrogens with zero attached hydrogens (tertiary/aromatic N) is 3. The van der Waals surface area contributed by atoms with Gasteiger partial charge in [0, 0.05) is 64.7 Å². The Morgan fingerprint density at radius 1 is 0.860 bits per heavy atom. The second kappa shape index (κ2) is 16.9. The fraction of sp³-hybridized carbons (Fsp3) is 0.583. The van der Waals surface area contributed by atoms with Crippen LogP contribution in [0.25, 0.3) is 11.1 Å². The van der Waals surface area contributed by atoms with Gasteiger partial charge >= 0.3 is 0 Å². The smallest absolute Gasteiger partial charge is 0.282 e. The predicted octanol–water partition coefficient (Wildman–Crippen LogP) is 3.71. The molecule has 2 aromatic rings. The van der Waals surface area contributed by atoms with Crippen LogP contribution in [0, 0.1) is 0 Å². The first-order valence-corrected chi connectivity index (χ1v) is 19.0. The Bertz CT molecular complexity index is 1710. The van der Waals surface area contributed by atoms with Gasteiger partial charge in [0.15, 0.2) is 11.5 Å². The van der Waals surface area contributed by atoms with Crippen molar-refractivity contribution in [3.05, 3.63) is 45.6 Å². The van der Waals surface area contributed by atoms with Crippen LogP contribution < -0.4 is 30.3 Å². The van der Waals surface area contributed by atoms with Gasteiger partial charge in [-0.15, -0.1) is 0 Å². The molecule has 1 atom stereocenters. The lowest BCUT2D eigenvalue weighted by Gasteiger charge is -2.26. The van der Waals surface area contributed by atoms with E-state index in [4.69, 9.17) is 14.2 Å². The Kier molecular flexibility index (Phi) is 12.6. The molecule has 0 radical (unpaired) electrons. The van der Waals surface area contributed by atoms with Gasteiger partial charge in [0.1, 0.15) is 0 Å². The summed E-state index contributed by atoms with van der Waals surface area (Å²) in [4.78, 5) is 40.6. The number of nitrogens with one attached hydrogen (secondary N) is 2. The molecule has 13 nitrogen and oxygen atoms in total. The molecule has 2 amide bonds. The SMILES string of the molecule is COc1cc2c(c(OC)c1OC)-c1ccc(NCCCCCC(=O)N3CCCN(S(=O)(=O)N4CCCC4)CC3)c(=O)cc1C(NC(C)=O)CC2. The van der Waals surface area contributed by atoms with E-state index in [-0.39, 0.29) is 23.3 Å². The number of carbonyl (C=O) groups excluding carboxylic acids is 2. The topological polar surface area (TPSA) is 147 Å². The van der Waals surface area contributed by atoms with Crippen molar-refractivity contribution in [3.8, 4) is 28.4 Å². The van der Waals surface area contributed by atoms with Crippen LogP contribution in [0.2, 0.25) is 0 Å². The van der Waals surface area contributed by atoms with E-state index < -0.39 is 10.2 Å². The van der Waals surface area contributed by atoms with Gasteiger partial charge in [-0.05, 0) is 79.8 Å². The minimum Gasteiger partial charge on any atom is -0.493 e. The Morgan fingerprint density at radius 2 is 1.58 bits per heavy atom. The summed E-state index contributed by atoms with van der Waals surface area (Å²) in [5, 5.41) is 6.31. The van der Waals surface area contributed by atoms with Crippen molar-refractivity contribution >= 4 is 27.7 Å². The fourth-order valence-electron chi connectivity index (χ4n) is 7.27. The standard InChI is InChI=1S/C36H51N5O8S/c1-25(42)38-29-14-12-26-23-32(47-2)35(48-3)36(49-4)34(26)27-13-15-30(31(43)24-28(27)29)37-16-7-5-6-11-33(44)39-17-10-20-41(22-21-39)50(45,46)40-18-8-9-19-40/h13,15,23-24,29H,5-12,14,16-22H2,1-4H3,(H,37,43)(H,38,42). The van der Waals surface area contributed by atoms with Gasteiger partial charge in [0.05, 0.1) is 33.1 Å². The lowest BCUT2D eigenvalue weighted by molar-refractivity contribution is -0.131. The van der Waals surface area contributed by atoms with E-state index in [1.165, 1.54) is 11.2 Å². The molecule has 1 aliphatic carbocycles. The maximum absolute atomic E-state index is 13.6. The quantitative estimate of drug-likeness (QED) is 0.297. The van der Waals surface area contributed by atoms with Crippen molar-refractivity contribution in [2.24, 2.45) is 0 Å². The van der Waals surface area contributed by atoms with Gasteiger partial charge < -0.3 is 29.7 Å². The number of aryl methyl sites for hydroxylation is 1. The fourth-order valence-corrected chi connectivity index (χ4v) is 8.99. The molecule has 274 valence electrons. The first kappa shape index (κ1) is 37.4. The van der Waals surface area contributed by atoms with Gasteiger partial charge in [-0.3, -0.25) is 14.4 Å². The average molecular weight is 714 g/mol. The molecule has 5 rings (SSSR count). The van der Waals surface area contributed by atoms with Gasteiger partial charge in [-0.25, -0.2) is 0 Å². The van der Waals surface area contributed by atoms with E-state index in [2.05, 4.69) is 10.6 Å². The first-order valence-electron chi connectivity index (χ1n) is 17.6. The highest BCUT2D eigenvalue weighted by Crippen LogP contribution is 2.50. The number of methoxy groups -OCH3 is 3. The van der Waals surface area contributed by atoms with Crippen LogP contribution in [0.4, 0.5) is 5.69 Å². The second-order valence-electron chi connectivity index (χ2n) is 13.1. The molecule has 2 N–H and O–H groups in total. The summed E-state index contributed by atoms with van der Waals surface area (Å²) in [7, 11) is 1.23. The molecule has 0 saturated carbocycles. The summed E-state index contributed by atoms with van der Waals surface area (Å²) in [5.74, 6) is 1.35. The van der Waals surface area contributed by atoms with E-state index in [0.717, 1.165) is 42.4 Å². The third-order valence-electron chi connectivity index (χ3n) is 9.82. The second-order valence-corrected chi connectivity index (χ2v) is 15.0. The molecule has 0 aromatic heterocycles. The number of unbranched alkanes of at least 4 members (excludes halogenated alkanes) is 2. The Morgan fingerprint density at radius 3 is 2.28 bits per heavy atom. The van der Waals surface area contributed by atoms with E-state index in [0.29, 0.717) is 106 Å². The molecular formula is C36H51N5O8S. The van der Waals surface area contributed by atoms with Crippen molar-refractivity contribution in [1.82, 2.24) is 18.8 Å². The number of hydrogen-bond donors (Lipinski definition) is 2. The average Bonchev–Trinajstić information content (AvgIpc) is 3.41. The number of fused-ring (bicyclic) bond motifs is 3. The number of hydrogen-bond acceptors (Lipinski definition) is 9. The molecule has 2 aliphatic heterocycles. The van der Waals surface area contributed by atoms with Crippen molar-refractivity contribution in [2.45, 2.75) is 70.8 Å². The van der Waals surface area contributed by atoms with Crippen LogP contribution in [-0.4, -0.2) is 101 Å². The largest absolute Gasteiger partial charge is 0.493 e. The molecule has 0 spiro atoms. The summed E-state index contributed by atoms with van der Waals surface area (Å²) in [6.07, 6.45) is 6.28. The van der Waals surface area contributed by atoms with Crippen LogP contribution in [0.3, 0.4) is 0 Å². The van der Waals surface area contributed by atoms with E-state index in [1.807, 2.05) is 12.1 Å². The van der Waals surface area contributed by atoms with Crippen molar-refractivity contribution in [2.75, 3.05) is 72.5 Å². The number of benzene rings is 1. The van der Waals surface area contributed by atoms with E-state index >= 15 is 0 Å². The maximum atomic E-state index is 13.6. The Balaban J connectivity index is 1.21. The number of amides is 2. The highest BCUT2D eigenvalue weighted by atomic mass is 32.2. The molecule has 50 heavy (non-hydrogen) atoms. The minimum atomic E-state index is -3.46. The number of carbonyl (C=O) groups is 2. The van der Waals surface area contributed by atoms with Gasteiger partial charge in [0.25, 0.3) is 10.2 Å². The molecule has 1 unspecified atom stereocenters. The zero-order valence-electron chi connectivity index (χ0n) is 29.7. The molecule has 2 aromatic carbocycles. The molecule has 3 aliphatic rings. The zero-order chi connectivity index (χ0) is 35.8. The van der Waals surface area contributed by atoms with Gasteiger partial charge in [-0.2, -0.15) is 17.0 Å². The highest BCUT2D eigenvalue weighted by molar-refractivity contribution is 7.86. The third kappa shape index (κ3) is 8.35. The van der Waals surface area contributed by atoms with Crippen LogP contribution >= 0.6 is 0 Å². The van der Waals surface area contributed by atoms with Crippen molar-refractivity contribution in [1.29, 1.82) is 0 Å². The molecule has 2 fully saturated rings. The maximum Gasteiger partial charge on any atom is 0.282 e. The monoisotopic (exact) mass is 713 g/mol. The van der Waals surface area contributed by atoms with E-state index in [1.54, 1.807) is 42.7 Å². The molecule has 2 heterocycles. The lowest BCUT2D eigenvalue weighted by atomic mass is 9.95. The molecule has 14 heteroatoms. The minimum absolute atomic E-state index is 0.0514. The van der Waals surface area contributed by atoms with Crippen LogP contribution in [0.1, 0.15) is 75.5 Å².